The minimum Gasteiger partial charge on any atom is -0.463 e. The summed E-state index contributed by atoms with van der Waals surface area (Å²) in [4.78, 5) is 12.0. The Kier molecular flexibility index (Phi) is 10.4. The summed E-state index contributed by atoms with van der Waals surface area (Å²) in [5.74, 6) is -0.337. The first-order valence-electron chi connectivity index (χ1n) is 7.84. The van der Waals surface area contributed by atoms with Crippen LogP contribution in [0.3, 0.4) is 0 Å². The molecule has 2 aromatic carbocycles. The maximum Gasteiger partial charge on any atom is 0.310 e. The van der Waals surface area contributed by atoms with E-state index in [1.165, 1.54) is 0 Å². The van der Waals surface area contributed by atoms with Crippen LogP contribution in [-0.2, 0) is 20.7 Å². The first-order chi connectivity index (χ1) is 12.1. The second-order valence-corrected chi connectivity index (χ2v) is 5.99. The number of esters is 1. The first kappa shape index (κ1) is 22.5. The molecule has 0 spiro atoms. The number of hydrogen-bond acceptors (Lipinski definition) is 5. The second kappa shape index (κ2) is 12.0. The third-order valence-corrected chi connectivity index (χ3v) is 3.96. The lowest BCUT2D eigenvalue weighted by molar-refractivity contribution is -0.144. The van der Waals surface area contributed by atoms with Crippen molar-refractivity contribution in [1.82, 2.24) is 0 Å². The van der Waals surface area contributed by atoms with Crippen molar-refractivity contribution in [2.24, 2.45) is 5.73 Å². The summed E-state index contributed by atoms with van der Waals surface area (Å²) in [6.07, 6.45) is 0.127. The number of ether oxygens (including phenoxy) is 2. The van der Waals surface area contributed by atoms with Gasteiger partial charge in [0.25, 0.3) is 0 Å². The lowest BCUT2D eigenvalue weighted by Crippen LogP contribution is -2.16. The van der Waals surface area contributed by atoms with Crippen LogP contribution in [0.4, 0.5) is 11.4 Å². The fourth-order valence-corrected chi connectivity index (χ4v) is 2.65. The van der Waals surface area contributed by atoms with E-state index in [1.807, 2.05) is 24.3 Å². The third-order valence-electron chi connectivity index (χ3n) is 3.33. The zero-order valence-electron chi connectivity index (χ0n) is 14.0. The summed E-state index contributed by atoms with van der Waals surface area (Å²) < 4.78 is 10.3. The molecule has 8 heteroatoms. The first-order valence-corrected chi connectivity index (χ1v) is 8.59. The average Bonchev–Trinajstić information content (AvgIpc) is 2.59. The number of halogens is 3. The Bertz CT molecular complexity index is 694. The topological polar surface area (TPSA) is 73.6 Å². The second-order valence-electron chi connectivity index (χ2n) is 5.18. The number of carbonyl (C=O) groups is 1. The molecule has 3 N–H and O–H groups in total. The van der Waals surface area contributed by atoms with Crippen molar-refractivity contribution in [3.8, 4) is 0 Å². The van der Waals surface area contributed by atoms with Crippen molar-refractivity contribution in [3.05, 3.63) is 58.1 Å². The average molecular weight is 420 g/mol. The Labute approximate surface area is 169 Å². The van der Waals surface area contributed by atoms with Crippen LogP contribution >= 0.6 is 35.6 Å². The molecule has 0 aromatic heterocycles. The fraction of sp³-hybridized carbons (Fsp3) is 0.278. The van der Waals surface area contributed by atoms with Gasteiger partial charge in [0, 0.05) is 12.2 Å². The zero-order valence-corrected chi connectivity index (χ0v) is 16.4. The third kappa shape index (κ3) is 7.02. The predicted molar refractivity (Wildman–Crippen MR) is 108 cm³/mol. The summed E-state index contributed by atoms with van der Waals surface area (Å²) in [5.41, 5.74) is 7.44. The van der Waals surface area contributed by atoms with Gasteiger partial charge in [-0.05, 0) is 23.8 Å². The highest BCUT2D eigenvalue weighted by Gasteiger charge is 2.12. The molecule has 0 bridgehead atoms. The number of benzene rings is 2. The molecule has 0 aliphatic heterocycles. The molecule has 0 saturated heterocycles. The summed E-state index contributed by atoms with van der Waals surface area (Å²) in [6, 6.07) is 12.7. The van der Waals surface area contributed by atoms with E-state index < -0.39 is 0 Å². The van der Waals surface area contributed by atoms with Crippen LogP contribution in [0.1, 0.15) is 5.56 Å². The number of rotatable bonds is 9. The molecule has 0 aliphatic carbocycles. The van der Waals surface area contributed by atoms with E-state index in [4.69, 9.17) is 38.4 Å². The van der Waals surface area contributed by atoms with Crippen LogP contribution in [0.5, 0.6) is 0 Å². The molecule has 5 nitrogen and oxygen atoms in total. The molecule has 0 radical (unpaired) electrons. The van der Waals surface area contributed by atoms with E-state index in [0.717, 1.165) is 11.3 Å². The van der Waals surface area contributed by atoms with Crippen molar-refractivity contribution in [2.45, 2.75) is 6.42 Å². The molecule has 0 fully saturated rings. The highest BCUT2D eigenvalue weighted by Crippen LogP contribution is 2.33. The molecule has 0 unspecified atom stereocenters. The quantitative estimate of drug-likeness (QED) is 0.470. The highest BCUT2D eigenvalue weighted by atomic mass is 35.5. The highest BCUT2D eigenvalue weighted by molar-refractivity contribution is 6.39. The molecule has 2 rings (SSSR count). The number of nitrogens with one attached hydrogen (secondary N) is 1. The summed E-state index contributed by atoms with van der Waals surface area (Å²) in [5, 5.41) is 4.19. The Morgan fingerprint density at radius 3 is 2.38 bits per heavy atom. The SMILES string of the molecule is Cl.NCCOCCOC(=O)Cc1ccccc1Nc1c(Cl)cccc1Cl. The Morgan fingerprint density at radius 2 is 1.69 bits per heavy atom. The predicted octanol–water partition coefficient (Wildman–Crippen LogP) is 4.22. The van der Waals surface area contributed by atoms with Gasteiger partial charge in [-0.2, -0.15) is 0 Å². The Hall–Kier alpha value is -1.50. The monoisotopic (exact) mass is 418 g/mol. The van der Waals surface area contributed by atoms with Crippen LogP contribution < -0.4 is 11.1 Å². The van der Waals surface area contributed by atoms with E-state index in [-0.39, 0.29) is 31.4 Å². The van der Waals surface area contributed by atoms with Crippen LogP contribution in [0, 0.1) is 0 Å². The van der Waals surface area contributed by atoms with Crippen molar-refractivity contribution < 1.29 is 14.3 Å². The van der Waals surface area contributed by atoms with Crippen molar-refractivity contribution in [1.29, 1.82) is 0 Å². The molecule has 0 atom stereocenters. The van der Waals surface area contributed by atoms with Gasteiger partial charge in [-0.15, -0.1) is 12.4 Å². The van der Waals surface area contributed by atoms with Gasteiger partial charge in [0.15, 0.2) is 0 Å². The van der Waals surface area contributed by atoms with E-state index in [0.29, 0.717) is 35.5 Å². The molecular formula is C18H21Cl3N2O3. The number of para-hydroxylation sites is 2. The number of nitrogens with two attached hydrogens (primary N) is 1. The summed E-state index contributed by atoms with van der Waals surface area (Å²) >= 11 is 12.4. The summed E-state index contributed by atoms with van der Waals surface area (Å²) in [6.45, 7) is 1.42. The molecule has 0 heterocycles. The lowest BCUT2D eigenvalue weighted by Gasteiger charge is -2.14. The van der Waals surface area contributed by atoms with E-state index in [9.17, 15) is 4.79 Å². The van der Waals surface area contributed by atoms with Crippen LogP contribution in [0.15, 0.2) is 42.5 Å². The number of hydrogen-bond donors (Lipinski definition) is 2. The van der Waals surface area contributed by atoms with Crippen LogP contribution in [0.2, 0.25) is 10.0 Å². The standard InChI is InChI=1S/C18H20Cl2N2O3.ClH/c19-14-5-3-6-15(20)18(14)22-16-7-2-1-4-13(16)12-17(23)25-11-10-24-9-8-21;/h1-7,22H,8-12,21H2;1H. The van der Waals surface area contributed by atoms with Crippen molar-refractivity contribution >= 4 is 53.0 Å². The molecule has 142 valence electrons. The van der Waals surface area contributed by atoms with Gasteiger partial charge < -0.3 is 20.5 Å². The summed E-state index contributed by atoms with van der Waals surface area (Å²) in [7, 11) is 0. The van der Waals surface area contributed by atoms with Crippen molar-refractivity contribution in [2.75, 3.05) is 31.7 Å². The zero-order chi connectivity index (χ0) is 18.1. The maximum absolute atomic E-state index is 12.0. The minimum absolute atomic E-state index is 0. The van der Waals surface area contributed by atoms with E-state index in [2.05, 4.69) is 5.32 Å². The number of carbonyl (C=O) groups excluding carboxylic acids is 1. The van der Waals surface area contributed by atoms with Gasteiger partial charge in [-0.1, -0.05) is 47.5 Å². The van der Waals surface area contributed by atoms with Gasteiger partial charge >= 0.3 is 5.97 Å². The van der Waals surface area contributed by atoms with Gasteiger partial charge in [0.2, 0.25) is 0 Å². The Morgan fingerprint density at radius 1 is 1.00 bits per heavy atom. The minimum atomic E-state index is -0.337. The molecule has 2 aromatic rings. The molecule has 0 saturated carbocycles. The molecule has 0 aliphatic rings. The number of anilines is 2. The Balaban J connectivity index is 0.00000338. The molecule has 26 heavy (non-hydrogen) atoms. The lowest BCUT2D eigenvalue weighted by atomic mass is 10.1. The smallest absolute Gasteiger partial charge is 0.310 e. The van der Waals surface area contributed by atoms with Crippen LogP contribution in [0.25, 0.3) is 0 Å². The van der Waals surface area contributed by atoms with Gasteiger partial charge in [-0.25, -0.2) is 0 Å². The van der Waals surface area contributed by atoms with Gasteiger partial charge in [-0.3, -0.25) is 4.79 Å². The largest absolute Gasteiger partial charge is 0.463 e. The molecule has 0 amide bonds. The van der Waals surface area contributed by atoms with E-state index >= 15 is 0 Å². The van der Waals surface area contributed by atoms with Gasteiger partial charge in [0.05, 0.1) is 35.4 Å². The van der Waals surface area contributed by atoms with E-state index in [1.54, 1.807) is 18.2 Å². The molecular weight excluding hydrogens is 399 g/mol. The van der Waals surface area contributed by atoms with Crippen molar-refractivity contribution in [3.63, 3.8) is 0 Å². The normalized spacial score (nSPS) is 10.1. The van der Waals surface area contributed by atoms with Crippen LogP contribution in [-0.4, -0.2) is 32.3 Å². The maximum atomic E-state index is 12.0. The van der Waals surface area contributed by atoms with Gasteiger partial charge in [0.1, 0.15) is 6.61 Å². The fourth-order valence-electron chi connectivity index (χ4n) is 2.15.